The van der Waals surface area contributed by atoms with Gasteiger partial charge in [0.15, 0.2) is 5.78 Å². The van der Waals surface area contributed by atoms with Crippen molar-refractivity contribution in [2.75, 3.05) is 7.11 Å². The minimum Gasteiger partial charge on any atom is -0.497 e. The van der Waals surface area contributed by atoms with Crippen LogP contribution in [0.2, 0.25) is 0 Å². The Morgan fingerprint density at radius 1 is 1.19 bits per heavy atom. The molecule has 26 heavy (non-hydrogen) atoms. The Kier molecular flexibility index (Phi) is 5.27. The molecule has 0 saturated carbocycles. The van der Waals surface area contributed by atoms with E-state index in [9.17, 15) is 13.6 Å². The number of nitrogens with zero attached hydrogens (tertiary/aromatic N) is 4. The zero-order valence-corrected chi connectivity index (χ0v) is 14.7. The first kappa shape index (κ1) is 18.0. The van der Waals surface area contributed by atoms with Gasteiger partial charge in [0.05, 0.1) is 23.6 Å². The Bertz CT molecular complexity index is 931. The van der Waals surface area contributed by atoms with E-state index >= 15 is 0 Å². The van der Waals surface area contributed by atoms with Crippen LogP contribution in [0.1, 0.15) is 17.3 Å². The number of methoxy groups -OCH3 is 1. The quantitative estimate of drug-likeness (QED) is 0.486. The average Bonchev–Trinajstić information content (AvgIpc) is 3.09. The van der Waals surface area contributed by atoms with Gasteiger partial charge in [0, 0.05) is 6.07 Å². The van der Waals surface area contributed by atoms with E-state index in [0.29, 0.717) is 22.7 Å². The first-order chi connectivity index (χ1) is 12.5. The number of aromatic nitrogens is 4. The molecule has 0 aliphatic heterocycles. The number of rotatable bonds is 6. The molecular weight excluding hydrogens is 362 g/mol. The highest BCUT2D eigenvalue weighted by Crippen LogP contribution is 2.26. The molecule has 0 amide bonds. The van der Waals surface area contributed by atoms with Crippen LogP contribution in [0.3, 0.4) is 0 Å². The van der Waals surface area contributed by atoms with E-state index in [-0.39, 0.29) is 5.56 Å². The molecule has 2 aromatic carbocycles. The summed E-state index contributed by atoms with van der Waals surface area (Å²) in [6.45, 7) is 1.61. The molecule has 0 spiro atoms. The fourth-order valence-corrected chi connectivity index (χ4v) is 3.13. The highest BCUT2D eigenvalue weighted by molar-refractivity contribution is 8.00. The third-order valence-corrected chi connectivity index (χ3v) is 4.64. The van der Waals surface area contributed by atoms with Gasteiger partial charge in [-0.05, 0) is 53.7 Å². The van der Waals surface area contributed by atoms with E-state index in [1.165, 1.54) is 4.68 Å². The summed E-state index contributed by atoms with van der Waals surface area (Å²) < 4.78 is 33.4. The summed E-state index contributed by atoms with van der Waals surface area (Å²) in [5, 5.41) is 11.2. The Balaban J connectivity index is 1.80. The molecule has 0 bridgehead atoms. The SMILES string of the molecule is COc1ccc(-n2nnnc2SC(C)C(=O)c2ccc(F)cc2F)cc1. The van der Waals surface area contributed by atoms with Crippen LogP contribution in [0, 0.1) is 11.6 Å². The number of thioether (sulfide) groups is 1. The largest absolute Gasteiger partial charge is 0.497 e. The van der Waals surface area contributed by atoms with Gasteiger partial charge >= 0.3 is 0 Å². The summed E-state index contributed by atoms with van der Waals surface area (Å²) in [4.78, 5) is 12.5. The van der Waals surface area contributed by atoms with Crippen LogP contribution >= 0.6 is 11.8 Å². The normalized spacial score (nSPS) is 12.0. The summed E-state index contributed by atoms with van der Waals surface area (Å²) in [5.74, 6) is -1.41. The van der Waals surface area contributed by atoms with E-state index in [4.69, 9.17) is 4.74 Å². The lowest BCUT2D eigenvalue weighted by Crippen LogP contribution is -2.16. The maximum Gasteiger partial charge on any atom is 0.214 e. The molecule has 0 radical (unpaired) electrons. The minimum atomic E-state index is -0.891. The van der Waals surface area contributed by atoms with Crippen LogP contribution in [0.25, 0.3) is 5.69 Å². The Hall–Kier alpha value is -2.81. The minimum absolute atomic E-state index is 0.171. The Labute approximate surface area is 152 Å². The maximum absolute atomic E-state index is 13.8. The predicted octanol–water partition coefficient (Wildman–Crippen LogP) is 3.31. The van der Waals surface area contributed by atoms with Crippen molar-refractivity contribution in [2.45, 2.75) is 17.3 Å². The molecular formula is C17H14F2N4O2S. The van der Waals surface area contributed by atoms with Crippen LogP contribution in [0.15, 0.2) is 47.6 Å². The molecule has 0 aliphatic rings. The molecule has 0 aliphatic carbocycles. The highest BCUT2D eigenvalue weighted by atomic mass is 32.2. The van der Waals surface area contributed by atoms with Crippen molar-refractivity contribution in [3.05, 3.63) is 59.7 Å². The number of carbonyl (C=O) groups is 1. The van der Waals surface area contributed by atoms with Crippen molar-refractivity contribution in [2.24, 2.45) is 0 Å². The van der Waals surface area contributed by atoms with Crippen molar-refractivity contribution < 1.29 is 18.3 Å². The molecule has 0 fully saturated rings. The lowest BCUT2D eigenvalue weighted by atomic mass is 10.1. The summed E-state index contributed by atoms with van der Waals surface area (Å²) in [5.41, 5.74) is 0.515. The van der Waals surface area contributed by atoms with Gasteiger partial charge in [-0.1, -0.05) is 11.8 Å². The topological polar surface area (TPSA) is 69.9 Å². The van der Waals surface area contributed by atoms with Crippen LogP contribution < -0.4 is 4.74 Å². The standard InChI is InChI=1S/C17H14F2N4O2S/c1-10(16(24)14-8-3-11(18)9-15(14)19)26-17-20-21-22-23(17)12-4-6-13(25-2)7-5-12/h3-10H,1-2H3. The molecule has 1 atom stereocenters. The van der Waals surface area contributed by atoms with Gasteiger partial charge < -0.3 is 4.74 Å². The van der Waals surface area contributed by atoms with Gasteiger partial charge in [0.25, 0.3) is 0 Å². The third-order valence-electron chi connectivity index (χ3n) is 3.61. The van der Waals surface area contributed by atoms with Gasteiger partial charge in [-0.15, -0.1) is 5.10 Å². The predicted molar refractivity (Wildman–Crippen MR) is 91.7 cm³/mol. The smallest absolute Gasteiger partial charge is 0.214 e. The van der Waals surface area contributed by atoms with Gasteiger partial charge in [-0.3, -0.25) is 4.79 Å². The second-order valence-corrected chi connectivity index (χ2v) is 6.63. The molecule has 1 unspecified atom stereocenters. The van der Waals surface area contributed by atoms with Crippen molar-refractivity contribution in [3.63, 3.8) is 0 Å². The second-order valence-electron chi connectivity index (χ2n) is 5.32. The lowest BCUT2D eigenvalue weighted by Gasteiger charge is -2.11. The van der Waals surface area contributed by atoms with E-state index in [1.54, 1.807) is 38.3 Å². The summed E-state index contributed by atoms with van der Waals surface area (Å²) in [7, 11) is 1.56. The summed E-state index contributed by atoms with van der Waals surface area (Å²) in [6.07, 6.45) is 0. The molecule has 1 aromatic heterocycles. The fourth-order valence-electron chi connectivity index (χ4n) is 2.26. The van der Waals surface area contributed by atoms with Gasteiger partial charge in [0.2, 0.25) is 5.16 Å². The number of carbonyl (C=O) groups excluding carboxylic acids is 1. The lowest BCUT2D eigenvalue weighted by molar-refractivity contribution is 0.0990. The van der Waals surface area contributed by atoms with Crippen LogP contribution in [0.4, 0.5) is 8.78 Å². The third kappa shape index (κ3) is 3.72. The molecule has 6 nitrogen and oxygen atoms in total. The van der Waals surface area contributed by atoms with Crippen molar-refractivity contribution in [1.29, 1.82) is 0 Å². The zero-order valence-electron chi connectivity index (χ0n) is 13.9. The van der Waals surface area contributed by atoms with Crippen LogP contribution in [-0.4, -0.2) is 38.4 Å². The maximum atomic E-state index is 13.8. The first-order valence-electron chi connectivity index (χ1n) is 7.58. The zero-order chi connectivity index (χ0) is 18.7. The van der Waals surface area contributed by atoms with Crippen LogP contribution in [0.5, 0.6) is 5.75 Å². The Morgan fingerprint density at radius 3 is 2.58 bits per heavy atom. The number of hydrogen-bond acceptors (Lipinski definition) is 6. The molecule has 134 valence electrons. The molecule has 3 rings (SSSR count). The van der Waals surface area contributed by atoms with Gasteiger partial charge in [-0.25, -0.2) is 8.78 Å². The number of hydrogen-bond donors (Lipinski definition) is 0. The van der Waals surface area contributed by atoms with Crippen LogP contribution in [-0.2, 0) is 0 Å². The van der Waals surface area contributed by atoms with Crippen molar-refractivity contribution in [1.82, 2.24) is 20.2 Å². The van der Waals surface area contributed by atoms with E-state index in [1.807, 2.05) is 0 Å². The van der Waals surface area contributed by atoms with Gasteiger partial charge in [0.1, 0.15) is 17.4 Å². The summed E-state index contributed by atoms with van der Waals surface area (Å²) >= 11 is 1.08. The van der Waals surface area contributed by atoms with Gasteiger partial charge in [-0.2, -0.15) is 4.68 Å². The number of benzene rings is 2. The number of Topliss-reactive ketones (excluding diaryl/α,β-unsaturated/α-hetero) is 1. The second kappa shape index (κ2) is 7.61. The molecule has 9 heteroatoms. The number of ether oxygens (including phenoxy) is 1. The first-order valence-corrected chi connectivity index (χ1v) is 8.46. The number of ketones is 1. The Morgan fingerprint density at radius 2 is 1.92 bits per heavy atom. The van der Waals surface area contributed by atoms with Crippen molar-refractivity contribution in [3.8, 4) is 11.4 Å². The molecule has 3 aromatic rings. The highest BCUT2D eigenvalue weighted by Gasteiger charge is 2.23. The molecule has 0 N–H and O–H groups in total. The monoisotopic (exact) mass is 376 g/mol. The van der Waals surface area contributed by atoms with E-state index in [2.05, 4.69) is 15.5 Å². The number of tetrazole rings is 1. The van der Waals surface area contributed by atoms with Crippen molar-refractivity contribution >= 4 is 17.5 Å². The molecule has 0 saturated heterocycles. The van der Waals surface area contributed by atoms with E-state index < -0.39 is 22.7 Å². The molecule has 1 heterocycles. The average molecular weight is 376 g/mol. The number of halogens is 2. The van der Waals surface area contributed by atoms with E-state index in [0.717, 1.165) is 23.9 Å². The fraction of sp³-hybridized carbons (Fsp3) is 0.176. The summed E-state index contributed by atoms with van der Waals surface area (Å²) in [6, 6.07) is 9.93.